The van der Waals surface area contributed by atoms with E-state index in [1.807, 2.05) is 35.2 Å². The van der Waals surface area contributed by atoms with Gasteiger partial charge in [0.1, 0.15) is 0 Å². The standard InChI is InChI=1S/C17H26N2O3S/c1-3-23(21,22)18(2)16-11-13-19(14-12-16)17(20)10-9-15-7-5-4-6-8-15/h4-8,16H,3,9-14H2,1-2H3. The molecule has 5 nitrogen and oxygen atoms in total. The number of carbonyl (C=O) groups excluding carboxylic acids is 1. The third-order valence-corrected chi connectivity index (χ3v) is 6.51. The summed E-state index contributed by atoms with van der Waals surface area (Å²) in [6.45, 7) is 2.94. The first-order valence-electron chi connectivity index (χ1n) is 8.21. The number of sulfonamides is 1. The monoisotopic (exact) mass is 338 g/mol. The van der Waals surface area contributed by atoms with Gasteiger partial charge in [0.2, 0.25) is 15.9 Å². The van der Waals surface area contributed by atoms with E-state index in [1.165, 1.54) is 9.87 Å². The van der Waals surface area contributed by atoms with Gasteiger partial charge in [-0.1, -0.05) is 30.3 Å². The summed E-state index contributed by atoms with van der Waals surface area (Å²) in [5, 5.41) is 0. The first-order chi connectivity index (χ1) is 10.9. The topological polar surface area (TPSA) is 57.7 Å². The third-order valence-electron chi connectivity index (χ3n) is 4.61. The van der Waals surface area contributed by atoms with E-state index >= 15 is 0 Å². The molecule has 0 aromatic heterocycles. The fourth-order valence-corrected chi connectivity index (χ4v) is 4.04. The van der Waals surface area contributed by atoms with Crippen LogP contribution >= 0.6 is 0 Å². The van der Waals surface area contributed by atoms with Crippen LogP contribution in [0.1, 0.15) is 31.7 Å². The van der Waals surface area contributed by atoms with Crippen LogP contribution in [-0.2, 0) is 21.2 Å². The molecule has 0 bridgehead atoms. The Bertz CT molecular complexity index is 608. The molecule has 0 saturated carbocycles. The molecule has 0 aliphatic carbocycles. The lowest BCUT2D eigenvalue weighted by Gasteiger charge is -2.36. The second-order valence-corrected chi connectivity index (χ2v) is 8.33. The Kier molecular flexibility index (Phi) is 6.18. The van der Waals surface area contributed by atoms with Crippen molar-refractivity contribution in [3.05, 3.63) is 35.9 Å². The number of carbonyl (C=O) groups is 1. The molecule has 128 valence electrons. The summed E-state index contributed by atoms with van der Waals surface area (Å²) in [4.78, 5) is 14.2. The number of piperidine rings is 1. The average molecular weight is 338 g/mol. The zero-order valence-electron chi connectivity index (χ0n) is 13.9. The van der Waals surface area contributed by atoms with E-state index in [4.69, 9.17) is 0 Å². The van der Waals surface area contributed by atoms with Crippen LogP contribution in [-0.4, -0.2) is 55.5 Å². The van der Waals surface area contributed by atoms with Crippen molar-refractivity contribution < 1.29 is 13.2 Å². The van der Waals surface area contributed by atoms with Gasteiger partial charge >= 0.3 is 0 Å². The fraction of sp³-hybridized carbons (Fsp3) is 0.588. The number of likely N-dealkylation sites (tertiary alicyclic amines) is 1. The molecular formula is C17H26N2O3S. The zero-order valence-corrected chi connectivity index (χ0v) is 14.8. The molecule has 0 radical (unpaired) electrons. The summed E-state index contributed by atoms with van der Waals surface area (Å²) in [6, 6.07) is 10.0. The molecule has 0 spiro atoms. The smallest absolute Gasteiger partial charge is 0.222 e. The Hall–Kier alpha value is -1.40. The number of benzene rings is 1. The normalized spacial score (nSPS) is 16.7. The lowest BCUT2D eigenvalue weighted by molar-refractivity contribution is -0.132. The molecule has 1 amide bonds. The summed E-state index contributed by atoms with van der Waals surface area (Å²) >= 11 is 0. The van der Waals surface area contributed by atoms with E-state index in [2.05, 4.69) is 0 Å². The van der Waals surface area contributed by atoms with Crippen molar-refractivity contribution >= 4 is 15.9 Å². The second kappa shape index (κ2) is 7.93. The van der Waals surface area contributed by atoms with Crippen molar-refractivity contribution in [3.8, 4) is 0 Å². The zero-order chi connectivity index (χ0) is 16.9. The molecule has 2 rings (SSSR count). The van der Waals surface area contributed by atoms with Gasteiger partial charge in [0, 0.05) is 32.6 Å². The van der Waals surface area contributed by atoms with Crippen molar-refractivity contribution in [2.24, 2.45) is 0 Å². The fourth-order valence-electron chi connectivity index (χ4n) is 2.96. The Labute approximate surface area is 139 Å². The highest BCUT2D eigenvalue weighted by molar-refractivity contribution is 7.89. The molecule has 23 heavy (non-hydrogen) atoms. The van der Waals surface area contributed by atoms with Gasteiger partial charge in [-0.3, -0.25) is 4.79 Å². The highest BCUT2D eigenvalue weighted by atomic mass is 32.2. The number of aryl methyl sites for hydroxylation is 1. The number of nitrogens with zero attached hydrogens (tertiary/aromatic N) is 2. The van der Waals surface area contributed by atoms with E-state index in [0.29, 0.717) is 32.4 Å². The van der Waals surface area contributed by atoms with Crippen molar-refractivity contribution in [1.82, 2.24) is 9.21 Å². The minimum Gasteiger partial charge on any atom is -0.343 e. The van der Waals surface area contributed by atoms with Crippen LogP contribution in [0.3, 0.4) is 0 Å². The quantitative estimate of drug-likeness (QED) is 0.796. The van der Waals surface area contributed by atoms with Crippen LogP contribution in [0.15, 0.2) is 30.3 Å². The molecule has 0 atom stereocenters. The largest absolute Gasteiger partial charge is 0.343 e. The van der Waals surface area contributed by atoms with Crippen LogP contribution in [0.2, 0.25) is 0 Å². The van der Waals surface area contributed by atoms with Crippen LogP contribution in [0.5, 0.6) is 0 Å². The molecule has 1 aliphatic rings. The van der Waals surface area contributed by atoms with E-state index < -0.39 is 10.0 Å². The maximum Gasteiger partial charge on any atom is 0.222 e. The molecule has 1 heterocycles. The number of hydrogen-bond acceptors (Lipinski definition) is 3. The Balaban J connectivity index is 1.81. The minimum absolute atomic E-state index is 0.0122. The van der Waals surface area contributed by atoms with Crippen molar-refractivity contribution in [2.75, 3.05) is 25.9 Å². The SMILES string of the molecule is CCS(=O)(=O)N(C)C1CCN(C(=O)CCc2ccccc2)CC1. The third kappa shape index (κ3) is 4.78. The average Bonchev–Trinajstić information content (AvgIpc) is 2.60. The lowest BCUT2D eigenvalue weighted by Crippen LogP contribution is -2.47. The predicted octanol–water partition coefficient (Wildman–Crippen LogP) is 1.89. The van der Waals surface area contributed by atoms with E-state index in [0.717, 1.165) is 6.42 Å². The molecule has 1 aromatic carbocycles. The molecule has 1 aromatic rings. The molecule has 1 saturated heterocycles. The predicted molar refractivity (Wildman–Crippen MR) is 91.6 cm³/mol. The van der Waals surface area contributed by atoms with Gasteiger partial charge in [-0.15, -0.1) is 0 Å². The van der Waals surface area contributed by atoms with Gasteiger partial charge in [0.05, 0.1) is 5.75 Å². The molecule has 1 fully saturated rings. The summed E-state index contributed by atoms with van der Waals surface area (Å²) in [5.41, 5.74) is 1.17. The van der Waals surface area contributed by atoms with E-state index in [-0.39, 0.29) is 17.7 Å². The van der Waals surface area contributed by atoms with Gasteiger partial charge < -0.3 is 4.90 Å². The summed E-state index contributed by atoms with van der Waals surface area (Å²) in [7, 11) is -1.50. The summed E-state index contributed by atoms with van der Waals surface area (Å²) < 4.78 is 25.3. The van der Waals surface area contributed by atoms with Gasteiger partial charge in [-0.05, 0) is 31.7 Å². The van der Waals surface area contributed by atoms with Crippen molar-refractivity contribution in [1.29, 1.82) is 0 Å². The van der Waals surface area contributed by atoms with E-state index in [9.17, 15) is 13.2 Å². The molecule has 0 N–H and O–H groups in total. The van der Waals surface area contributed by atoms with Gasteiger partial charge in [0.15, 0.2) is 0 Å². The Morgan fingerprint density at radius 1 is 1.22 bits per heavy atom. The Morgan fingerprint density at radius 3 is 2.39 bits per heavy atom. The van der Waals surface area contributed by atoms with Gasteiger partial charge in [-0.25, -0.2) is 12.7 Å². The van der Waals surface area contributed by atoms with Crippen molar-refractivity contribution in [2.45, 2.75) is 38.6 Å². The van der Waals surface area contributed by atoms with Crippen LogP contribution in [0.25, 0.3) is 0 Å². The number of amides is 1. The highest BCUT2D eigenvalue weighted by Gasteiger charge is 2.29. The molecular weight excluding hydrogens is 312 g/mol. The van der Waals surface area contributed by atoms with Gasteiger partial charge in [-0.2, -0.15) is 0 Å². The van der Waals surface area contributed by atoms with E-state index in [1.54, 1.807) is 14.0 Å². The number of rotatable bonds is 6. The first kappa shape index (κ1) is 17.9. The first-order valence-corrected chi connectivity index (χ1v) is 9.82. The Morgan fingerprint density at radius 2 is 1.83 bits per heavy atom. The minimum atomic E-state index is -3.15. The molecule has 1 aliphatic heterocycles. The van der Waals surface area contributed by atoms with Crippen molar-refractivity contribution in [3.63, 3.8) is 0 Å². The van der Waals surface area contributed by atoms with Crippen LogP contribution in [0.4, 0.5) is 0 Å². The maximum absolute atomic E-state index is 12.3. The summed E-state index contributed by atoms with van der Waals surface area (Å²) in [6.07, 6.45) is 2.70. The second-order valence-electron chi connectivity index (χ2n) is 6.01. The highest BCUT2D eigenvalue weighted by Crippen LogP contribution is 2.19. The van der Waals surface area contributed by atoms with Gasteiger partial charge in [0.25, 0.3) is 0 Å². The molecule has 0 unspecified atom stereocenters. The maximum atomic E-state index is 12.3. The van der Waals surface area contributed by atoms with Crippen LogP contribution in [0, 0.1) is 0 Å². The number of hydrogen-bond donors (Lipinski definition) is 0. The lowest BCUT2D eigenvalue weighted by atomic mass is 10.0. The van der Waals surface area contributed by atoms with Crippen LogP contribution < -0.4 is 0 Å². The summed E-state index contributed by atoms with van der Waals surface area (Å²) in [5.74, 6) is 0.285. The molecule has 6 heteroatoms.